The average Bonchev–Trinajstić information content (AvgIpc) is 3.00. The topological polar surface area (TPSA) is 81.1 Å². The van der Waals surface area contributed by atoms with Crippen molar-refractivity contribution < 1.29 is 9.21 Å². The van der Waals surface area contributed by atoms with Crippen LogP contribution in [0.4, 0.5) is 0 Å². The Morgan fingerprint density at radius 2 is 2.14 bits per heavy atom. The third-order valence-electron chi connectivity index (χ3n) is 3.30. The van der Waals surface area contributed by atoms with Crippen LogP contribution in [-0.2, 0) is 11.2 Å². The van der Waals surface area contributed by atoms with Gasteiger partial charge < -0.3 is 15.5 Å². The van der Waals surface area contributed by atoms with Crippen LogP contribution < -0.4 is 11.1 Å². The van der Waals surface area contributed by atoms with Crippen LogP contribution in [0.15, 0.2) is 34.9 Å². The van der Waals surface area contributed by atoms with E-state index < -0.39 is 0 Å². The molecular weight excluding hydrogens is 302 g/mol. The normalized spacial score (nSPS) is 12.1. The number of carbonyl (C=O) groups excluding carboxylic acids is 1. The number of benzene rings is 1. The monoisotopic (exact) mass is 321 g/mol. The molecule has 1 heterocycles. The predicted octanol–water partition coefficient (Wildman–Crippen LogP) is 2.64. The van der Waals surface area contributed by atoms with Crippen molar-refractivity contribution in [2.45, 2.75) is 19.8 Å². The van der Waals surface area contributed by atoms with E-state index >= 15 is 0 Å². The van der Waals surface area contributed by atoms with E-state index in [0.717, 1.165) is 5.56 Å². The number of halogens is 1. The fourth-order valence-corrected chi connectivity index (χ4v) is 1.98. The van der Waals surface area contributed by atoms with Gasteiger partial charge in [-0.2, -0.15) is 0 Å². The predicted molar refractivity (Wildman–Crippen MR) is 86.5 cm³/mol. The first-order chi connectivity index (χ1) is 10.6. The van der Waals surface area contributed by atoms with Gasteiger partial charge >= 0.3 is 0 Å². The van der Waals surface area contributed by atoms with Gasteiger partial charge in [0.1, 0.15) is 0 Å². The Labute approximate surface area is 134 Å². The zero-order chi connectivity index (χ0) is 15.9. The molecule has 2 rings (SSSR count). The molecule has 6 heteroatoms. The number of amides is 1. The molecule has 0 saturated carbocycles. The zero-order valence-electron chi connectivity index (χ0n) is 12.5. The first-order valence-electron chi connectivity index (χ1n) is 7.26. The van der Waals surface area contributed by atoms with E-state index in [1.54, 1.807) is 18.3 Å². The van der Waals surface area contributed by atoms with Gasteiger partial charge in [-0.25, -0.2) is 4.98 Å². The van der Waals surface area contributed by atoms with Crippen LogP contribution in [0.5, 0.6) is 0 Å². The Balaban J connectivity index is 1.84. The Morgan fingerprint density at radius 1 is 1.41 bits per heavy atom. The molecule has 0 spiro atoms. The smallest absolute Gasteiger partial charge is 0.220 e. The van der Waals surface area contributed by atoms with E-state index in [0.29, 0.717) is 42.6 Å². The number of hydrogen-bond acceptors (Lipinski definition) is 4. The van der Waals surface area contributed by atoms with Gasteiger partial charge in [0.05, 0.1) is 6.20 Å². The van der Waals surface area contributed by atoms with Gasteiger partial charge in [0.15, 0.2) is 11.7 Å². The molecule has 0 aliphatic carbocycles. The van der Waals surface area contributed by atoms with Gasteiger partial charge in [0.25, 0.3) is 0 Å². The fourth-order valence-electron chi connectivity index (χ4n) is 1.85. The van der Waals surface area contributed by atoms with Crippen molar-refractivity contribution in [2.75, 3.05) is 13.1 Å². The van der Waals surface area contributed by atoms with Crippen molar-refractivity contribution in [1.29, 1.82) is 0 Å². The van der Waals surface area contributed by atoms with Crippen LogP contribution in [0.1, 0.15) is 19.2 Å². The van der Waals surface area contributed by atoms with Crippen molar-refractivity contribution in [2.24, 2.45) is 11.7 Å². The summed E-state index contributed by atoms with van der Waals surface area (Å²) in [6.45, 7) is 3.15. The molecule has 0 bridgehead atoms. The molecule has 0 fully saturated rings. The summed E-state index contributed by atoms with van der Waals surface area (Å²) < 4.78 is 5.65. The molecule has 0 radical (unpaired) electrons. The first-order valence-corrected chi connectivity index (χ1v) is 7.63. The van der Waals surface area contributed by atoms with Gasteiger partial charge in [-0.15, -0.1) is 0 Å². The van der Waals surface area contributed by atoms with Crippen LogP contribution in [0.3, 0.4) is 0 Å². The van der Waals surface area contributed by atoms with Crippen LogP contribution in [0, 0.1) is 5.92 Å². The highest BCUT2D eigenvalue weighted by atomic mass is 35.5. The van der Waals surface area contributed by atoms with Crippen LogP contribution in [0.25, 0.3) is 11.3 Å². The molecule has 118 valence electrons. The molecule has 3 N–H and O–H groups in total. The molecule has 2 aromatic rings. The second kappa shape index (κ2) is 7.96. The minimum absolute atomic E-state index is 0.0217. The lowest BCUT2D eigenvalue weighted by atomic mass is 10.2. The Morgan fingerprint density at radius 3 is 2.82 bits per heavy atom. The van der Waals surface area contributed by atoms with Gasteiger partial charge in [-0.05, 0) is 36.7 Å². The SMILES string of the molecule is CC(CN)CNC(=O)CCc1ncc(-c2ccc(Cl)cc2)o1. The molecular formula is C16H20ClN3O2. The molecule has 1 atom stereocenters. The lowest BCUT2D eigenvalue weighted by Crippen LogP contribution is -2.31. The van der Waals surface area contributed by atoms with Gasteiger partial charge in [0.2, 0.25) is 5.91 Å². The zero-order valence-corrected chi connectivity index (χ0v) is 13.3. The van der Waals surface area contributed by atoms with E-state index in [4.69, 9.17) is 21.8 Å². The molecule has 0 saturated heterocycles. The maximum Gasteiger partial charge on any atom is 0.220 e. The second-order valence-corrected chi connectivity index (χ2v) is 5.71. The summed E-state index contributed by atoms with van der Waals surface area (Å²) >= 11 is 5.85. The third-order valence-corrected chi connectivity index (χ3v) is 3.55. The van der Waals surface area contributed by atoms with E-state index in [9.17, 15) is 4.79 Å². The second-order valence-electron chi connectivity index (χ2n) is 5.27. The molecule has 22 heavy (non-hydrogen) atoms. The summed E-state index contributed by atoms with van der Waals surface area (Å²) in [5.74, 6) is 1.48. The molecule has 0 aliphatic rings. The van der Waals surface area contributed by atoms with Crippen molar-refractivity contribution in [3.63, 3.8) is 0 Å². The highest BCUT2D eigenvalue weighted by molar-refractivity contribution is 6.30. The van der Waals surface area contributed by atoms with Crippen molar-refractivity contribution in [3.8, 4) is 11.3 Å². The standard InChI is InChI=1S/C16H20ClN3O2/c1-11(8-18)9-19-15(21)6-7-16-20-10-14(22-16)12-2-4-13(17)5-3-12/h2-5,10-11H,6-9,18H2,1H3,(H,19,21). The van der Waals surface area contributed by atoms with Gasteiger partial charge in [-0.1, -0.05) is 18.5 Å². The molecule has 1 unspecified atom stereocenters. The first kappa shape index (κ1) is 16.5. The summed E-state index contributed by atoms with van der Waals surface area (Å²) in [5, 5.41) is 3.52. The molecule has 1 aromatic carbocycles. The number of aromatic nitrogens is 1. The number of rotatable bonds is 7. The number of nitrogens with zero attached hydrogens (tertiary/aromatic N) is 1. The maximum absolute atomic E-state index is 11.7. The van der Waals surface area contributed by atoms with E-state index in [1.807, 2.05) is 19.1 Å². The van der Waals surface area contributed by atoms with Crippen molar-refractivity contribution >= 4 is 17.5 Å². The lowest BCUT2D eigenvalue weighted by molar-refractivity contribution is -0.121. The summed E-state index contributed by atoms with van der Waals surface area (Å²) in [7, 11) is 0. The molecule has 5 nitrogen and oxygen atoms in total. The number of oxazole rings is 1. The van der Waals surface area contributed by atoms with Gasteiger partial charge in [0, 0.05) is 30.0 Å². The lowest BCUT2D eigenvalue weighted by Gasteiger charge is -2.09. The van der Waals surface area contributed by atoms with E-state index in [1.165, 1.54) is 0 Å². The van der Waals surface area contributed by atoms with Crippen LogP contribution in [0.2, 0.25) is 5.02 Å². The minimum atomic E-state index is -0.0217. The van der Waals surface area contributed by atoms with E-state index in [2.05, 4.69) is 10.3 Å². The number of hydrogen-bond donors (Lipinski definition) is 2. The molecule has 1 amide bonds. The van der Waals surface area contributed by atoms with Crippen molar-refractivity contribution in [3.05, 3.63) is 41.4 Å². The minimum Gasteiger partial charge on any atom is -0.441 e. The van der Waals surface area contributed by atoms with E-state index in [-0.39, 0.29) is 11.8 Å². The highest BCUT2D eigenvalue weighted by Crippen LogP contribution is 2.22. The quantitative estimate of drug-likeness (QED) is 0.821. The summed E-state index contributed by atoms with van der Waals surface area (Å²) in [6, 6.07) is 7.33. The number of aryl methyl sites for hydroxylation is 1. The van der Waals surface area contributed by atoms with Crippen molar-refractivity contribution in [1.82, 2.24) is 10.3 Å². The summed E-state index contributed by atoms with van der Waals surface area (Å²) in [6.07, 6.45) is 2.47. The average molecular weight is 322 g/mol. The Kier molecular flexibility index (Phi) is 5.98. The highest BCUT2D eigenvalue weighted by Gasteiger charge is 2.09. The largest absolute Gasteiger partial charge is 0.441 e. The Bertz CT molecular complexity index is 610. The van der Waals surface area contributed by atoms with Gasteiger partial charge in [-0.3, -0.25) is 4.79 Å². The van der Waals surface area contributed by atoms with Crippen LogP contribution >= 0.6 is 11.6 Å². The Hall–Kier alpha value is -1.85. The number of carbonyl (C=O) groups is 1. The summed E-state index contributed by atoms with van der Waals surface area (Å²) in [4.78, 5) is 15.9. The summed E-state index contributed by atoms with van der Waals surface area (Å²) in [5.41, 5.74) is 6.41. The fraction of sp³-hybridized carbons (Fsp3) is 0.375. The number of nitrogens with one attached hydrogen (secondary N) is 1. The maximum atomic E-state index is 11.7. The third kappa shape index (κ3) is 4.86. The molecule has 1 aromatic heterocycles. The number of nitrogens with two attached hydrogens (primary N) is 1. The molecule has 0 aliphatic heterocycles. The van der Waals surface area contributed by atoms with Crippen LogP contribution in [-0.4, -0.2) is 24.0 Å².